The van der Waals surface area contributed by atoms with E-state index in [0.717, 1.165) is 44.9 Å². The molecule has 0 aliphatic heterocycles. The maximum atomic E-state index is 10.5. The highest BCUT2D eigenvalue weighted by Crippen LogP contribution is 2.04. The summed E-state index contributed by atoms with van der Waals surface area (Å²) in [6.45, 7) is 11.2. The van der Waals surface area contributed by atoms with E-state index in [1.165, 1.54) is 18.4 Å². The smallest absolute Gasteiger partial charge is 0.404 e. The van der Waals surface area contributed by atoms with E-state index in [-0.39, 0.29) is 0 Å². The van der Waals surface area contributed by atoms with E-state index in [9.17, 15) is 4.79 Å². The predicted octanol–water partition coefficient (Wildman–Crippen LogP) is 2.68. The average molecular weight is 351 g/mol. The molecule has 0 fully saturated rings. The molecule has 1 rings (SSSR count). The van der Waals surface area contributed by atoms with E-state index >= 15 is 0 Å². The van der Waals surface area contributed by atoms with Crippen molar-refractivity contribution in [2.75, 3.05) is 39.4 Å². The van der Waals surface area contributed by atoms with Crippen LogP contribution in [0.25, 0.3) is 0 Å². The van der Waals surface area contributed by atoms with Crippen molar-refractivity contribution in [3.63, 3.8) is 0 Å². The van der Waals surface area contributed by atoms with Gasteiger partial charge in [-0.25, -0.2) is 4.79 Å². The summed E-state index contributed by atoms with van der Waals surface area (Å²) in [4.78, 5) is 12.9. The second-order valence-electron chi connectivity index (χ2n) is 6.11. The number of carbonyl (C=O) groups is 1. The molecule has 0 spiro atoms. The fourth-order valence-electron chi connectivity index (χ4n) is 2.59. The third kappa shape index (κ3) is 10.8. The Kier molecular flexibility index (Phi) is 11.7. The van der Waals surface area contributed by atoms with Gasteiger partial charge in [0.05, 0.1) is 13.2 Å². The lowest BCUT2D eigenvalue weighted by molar-refractivity contribution is 0.105. The van der Waals surface area contributed by atoms with Crippen molar-refractivity contribution in [2.24, 2.45) is 0 Å². The lowest BCUT2D eigenvalue weighted by Crippen LogP contribution is -2.30. The monoisotopic (exact) mass is 351 g/mol. The first-order valence-corrected chi connectivity index (χ1v) is 9.21. The molecule has 0 atom stereocenters. The number of amides is 1. The Bertz CT molecular complexity index is 459. The second-order valence-corrected chi connectivity index (χ2v) is 6.11. The molecule has 3 N–H and O–H groups in total. The minimum absolute atomic E-state index is 0.337. The summed E-state index contributed by atoms with van der Waals surface area (Å²) in [5.74, 6) is 0. The number of nitrogens with one attached hydrogen (secondary N) is 2. The molecule has 0 bridgehead atoms. The molecule has 0 radical (unpaired) electrons. The van der Waals surface area contributed by atoms with Crippen LogP contribution in [-0.2, 0) is 17.8 Å². The van der Waals surface area contributed by atoms with Crippen LogP contribution in [0.4, 0.5) is 4.79 Å². The molecule has 1 amide bonds. The Labute approximate surface area is 151 Å². The molecule has 0 aromatic heterocycles. The summed E-state index contributed by atoms with van der Waals surface area (Å²) >= 11 is 0. The van der Waals surface area contributed by atoms with Crippen LogP contribution in [0.15, 0.2) is 24.3 Å². The van der Waals surface area contributed by atoms with E-state index in [2.05, 4.69) is 29.4 Å². The molecule has 0 aliphatic carbocycles. The van der Waals surface area contributed by atoms with Gasteiger partial charge in [-0.05, 0) is 37.1 Å². The topological polar surface area (TPSA) is 73.8 Å². The van der Waals surface area contributed by atoms with Gasteiger partial charge in [-0.2, -0.15) is 0 Å². The summed E-state index contributed by atoms with van der Waals surface area (Å²) in [5, 5.41) is 14.3. The third-order valence-corrected chi connectivity index (χ3v) is 3.85. The van der Waals surface area contributed by atoms with Crippen molar-refractivity contribution in [3.05, 3.63) is 35.4 Å². The minimum atomic E-state index is -1.00. The van der Waals surface area contributed by atoms with Gasteiger partial charge in [0, 0.05) is 26.2 Å². The summed E-state index contributed by atoms with van der Waals surface area (Å²) in [6, 6.07) is 7.92. The lowest BCUT2D eigenvalue weighted by Gasteiger charge is -2.20. The molecular weight excluding hydrogens is 318 g/mol. The molecule has 0 unspecified atom stereocenters. The highest BCUT2D eigenvalue weighted by atomic mass is 16.5. The van der Waals surface area contributed by atoms with Crippen LogP contribution in [0.1, 0.15) is 37.8 Å². The summed E-state index contributed by atoms with van der Waals surface area (Å²) in [7, 11) is 0. The molecule has 6 nitrogen and oxygen atoms in total. The van der Waals surface area contributed by atoms with Crippen molar-refractivity contribution >= 4 is 6.09 Å². The first-order valence-electron chi connectivity index (χ1n) is 9.21. The molecule has 0 saturated heterocycles. The minimum Gasteiger partial charge on any atom is -0.465 e. The molecule has 142 valence electrons. The lowest BCUT2D eigenvalue weighted by atomic mass is 10.1. The standard InChI is InChI=1S/C19H33N3O3/c1-3-10-22(11-4-2)12-14-25-13-9-20-15-17-5-7-18(8-6-17)16-21-19(23)24/h5-8,20-21H,3-4,9-16H2,1-2H3,(H,23,24). The van der Waals surface area contributed by atoms with Crippen molar-refractivity contribution in [1.29, 1.82) is 0 Å². The third-order valence-electron chi connectivity index (χ3n) is 3.85. The van der Waals surface area contributed by atoms with Crippen LogP contribution < -0.4 is 10.6 Å². The van der Waals surface area contributed by atoms with Crippen LogP contribution in [0.2, 0.25) is 0 Å². The van der Waals surface area contributed by atoms with Gasteiger partial charge >= 0.3 is 6.09 Å². The molecule has 25 heavy (non-hydrogen) atoms. The first kappa shape index (κ1) is 21.4. The van der Waals surface area contributed by atoms with E-state index in [4.69, 9.17) is 9.84 Å². The maximum absolute atomic E-state index is 10.5. The van der Waals surface area contributed by atoms with Gasteiger partial charge in [0.2, 0.25) is 0 Å². The van der Waals surface area contributed by atoms with Crippen molar-refractivity contribution in [3.8, 4) is 0 Å². The number of rotatable bonds is 14. The van der Waals surface area contributed by atoms with Crippen LogP contribution in [0.5, 0.6) is 0 Å². The first-order chi connectivity index (χ1) is 12.2. The van der Waals surface area contributed by atoms with Gasteiger partial charge in [0.25, 0.3) is 0 Å². The van der Waals surface area contributed by atoms with Gasteiger partial charge in [-0.1, -0.05) is 38.1 Å². The van der Waals surface area contributed by atoms with Gasteiger partial charge in [-0.3, -0.25) is 0 Å². The van der Waals surface area contributed by atoms with E-state index in [1.54, 1.807) is 0 Å². The van der Waals surface area contributed by atoms with Crippen molar-refractivity contribution in [2.45, 2.75) is 39.8 Å². The number of ether oxygens (including phenoxy) is 1. The zero-order valence-corrected chi connectivity index (χ0v) is 15.6. The highest BCUT2D eigenvalue weighted by molar-refractivity contribution is 5.64. The molecule has 0 aliphatic rings. The normalized spacial score (nSPS) is 11.0. The largest absolute Gasteiger partial charge is 0.465 e. The molecular formula is C19H33N3O3. The van der Waals surface area contributed by atoms with Gasteiger partial charge in [0.1, 0.15) is 0 Å². The Morgan fingerprint density at radius 1 is 1.00 bits per heavy atom. The Morgan fingerprint density at radius 3 is 2.16 bits per heavy atom. The van der Waals surface area contributed by atoms with Crippen molar-refractivity contribution in [1.82, 2.24) is 15.5 Å². The highest BCUT2D eigenvalue weighted by Gasteiger charge is 2.02. The fourth-order valence-corrected chi connectivity index (χ4v) is 2.59. The zero-order chi connectivity index (χ0) is 18.3. The Hall–Kier alpha value is -1.63. The number of nitrogens with zero attached hydrogens (tertiary/aromatic N) is 1. The van der Waals surface area contributed by atoms with E-state index in [0.29, 0.717) is 13.2 Å². The van der Waals surface area contributed by atoms with Crippen LogP contribution in [0.3, 0.4) is 0 Å². The maximum Gasteiger partial charge on any atom is 0.404 e. The zero-order valence-electron chi connectivity index (χ0n) is 15.6. The number of carboxylic acid groups (broad SMARTS) is 1. The fraction of sp³-hybridized carbons (Fsp3) is 0.632. The Morgan fingerprint density at radius 2 is 1.60 bits per heavy atom. The van der Waals surface area contributed by atoms with E-state index in [1.807, 2.05) is 24.3 Å². The Balaban J connectivity index is 2.08. The molecule has 0 saturated carbocycles. The number of benzene rings is 1. The quantitative estimate of drug-likeness (QED) is 0.449. The molecule has 6 heteroatoms. The summed E-state index contributed by atoms with van der Waals surface area (Å²) in [6.07, 6.45) is 1.37. The summed E-state index contributed by atoms with van der Waals surface area (Å²) < 4.78 is 5.70. The number of hydrogen-bond donors (Lipinski definition) is 3. The second kappa shape index (κ2) is 13.6. The molecule has 1 aromatic carbocycles. The van der Waals surface area contributed by atoms with Crippen molar-refractivity contribution < 1.29 is 14.6 Å². The average Bonchev–Trinajstić information content (AvgIpc) is 2.60. The SMILES string of the molecule is CCCN(CCC)CCOCCNCc1ccc(CNC(=O)O)cc1. The number of hydrogen-bond acceptors (Lipinski definition) is 4. The van der Waals surface area contributed by atoms with Crippen LogP contribution in [0, 0.1) is 0 Å². The predicted molar refractivity (Wildman–Crippen MR) is 101 cm³/mol. The van der Waals surface area contributed by atoms with E-state index < -0.39 is 6.09 Å². The van der Waals surface area contributed by atoms with Crippen LogP contribution >= 0.6 is 0 Å². The molecule has 0 heterocycles. The van der Waals surface area contributed by atoms with Gasteiger partial charge in [0.15, 0.2) is 0 Å². The van der Waals surface area contributed by atoms with Crippen LogP contribution in [-0.4, -0.2) is 55.5 Å². The van der Waals surface area contributed by atoms with Gasteiger partial charge < -0.3 is 25.4 Å². The van der Waals surface area contributed by atoms with Gasteiger partial charge in [-0.15, -0.1) is 0 Å². The molecule has 1 aromatic rings. The summed E-state index contributed by atoms with van der Waals surface area (Å²) in [5.41, 5.74) is 2.13.